The van der Waals surface area contributed by atoms with Crippen LogP contribution >= 0.6 is 0 Å². The van der Waals surface area contributed by atoms with Gasteiger partial charge in [0.15, 0.2) is 0 Å². The van der Waals surface area contributed by atoms with Gasteiger partial charge in [0.1, 0.15) is 0 Å². The zero-order valence-corrected chi connectivity index (χ0v) is 6.99. The maximum atomic E-state index is 3.99. The SMILES string of the molecule is CN=CC(C)c1ccccc1. The monoisotopic (exact) mass is 147 g/mol. The molecule has 1 atom stereocenters. The van der Waals surface area contributed by atoms with E-state index < -0.39 is 0 Å². The molecule has 1 rings (SSSR count). The first kappa shape index (κ1) is 7.99. The van der Waals surface area contributed by atoms with Gasteiger partial charge in [0.05, 0.1) is 0 Å². The summed E-state index contributed by atoms with van der Waals surface area (Å²) in [7, 11) is 1.80. The van der Waals surface area contributed by atoms with Gasteiger partial charge in [-0.2, -0.15) is 0 Å². The molecule has 0 aliphatic carbocycles. The fourth-order valence-corrected chi connectivity index (χ4v) is 1.07. The fraction of sp³-hybridized carbons (Fsp3) is 0.300. The summed E-state index contributed by atoms with van der Waals surface area (Å²) < 4.78 is 0. The number of hydrogen-bond acceptors (Lipinski definition) is 1. The van der Waals surface area contributed by atoms with Gasteiger partial charge in [-0.25, -0.2) is 0 Å². The van der Waals surface area contributed by atoms with Gasteiger partial charge >= 0.3 is 0 Å². The Morgan fingerprint density at radius 1 is 1.27 bits per heavy atom. The minimum atomic E-state index is 0.432. The van der Waals surface area contributed by atoms with Crippen molar-refractivity contribution in [2.24, 2.45) is 4.99 Å². The highest BCUT2D eigenvalue weighted by atomic mass is 14.6. The molecule has 1 aromatic rings. The molecule has 1 unspecified atom stereocenters. The first-order valence-corrected chi connectivity index (χ1v) is 3.82. The van der Waals surface area contributed by atoms with Crippen LogP contribution in [0.3, 0.4) is 0 Å². The van der Waals surface area contributed by atoms with E-state index in [4.69, 9.17) is 0 Å². The standard InChI is InChI=1S/C10H13N/c1-9(8-11-2)10-6-4-3-5-7-10/h3-9H,1-2H3. The highest BCUT2D eigenvalue weighted by Gasteiger charge is 1.98. The molecule has 1 heteroatoms. The molecule has 0 bridgehead atoms. The average Bonchev–Trinajstić information content (AvgIpc) is 2.07. The molecule has 0 fully saturated rings. The summed E-state index contributed by atoms with van der Waals surface area (Å²) in [5.74, 6) is 0.432. The summed E-state index contributed by atoms with van der Waals surface area (Å²) in [6.45, 7) is 2.14. The first-order chi connectivity index (χ1) is 5.34. The topological polar surface area (TPSA) is 12.4 Å². The number of nitrogens with zero attached hydrogens (tertiary/aromatic N) is 1. The van der Waals surface area contributed by atoms with Crippen LogP contribution in [0.25, 0.3) is 0 Å². The van der Waals surface area contributed by atoms with Crippen molar-refractivity contribution >= 4 is 6.21 Å². The minimum Gasteiger partial charge on any atom is -0.300 e. The van der Waals surface area contributed by atoms with Gasteiger partial charge in [0.2, 0.25) is 0 Å². The third-order valence-corrected chi connectivity index (χ3v) is 1.70. The van der Waals surface area contributed by atoms with E-state index in [2.05, 4.69) is 36.2 Å². The quantitative estimate of drug-likeness (QED) is 0.570. The van der Waals surface area contributed by atoms with Gasteiger partial charge in [-0.1, -0.05) is 37.3 Å². The lowest BCUT2D eigenvalue weighted by molar-refractivity contribution is 1.04. The van der Waals surface area contributed by atoms with Crippen LogP contribution in [0.5, 0.6) is 0 Å². The smallest absolute Gasteiger partial charge is 0.0273 e. The van der Waals surface area contributed by atoms with Gasteiger partial charge in [-0.15, -0.1) is 0 Å². The molecule has 0 aliphatic rings. The van der Waals surface area contributed by atoms with Gasteiger partial charge < -0.3 is 4.99 Å². The summed E-state index contributed by atoms with van der Waals surface area (Å²) in [6.07, 6.45) is 1.95. The number of hydrogen-bond donors (Lipinski definition) is 0. The number of aliphatic imine (C=N–C) groups is 1. The van der Waals surface area contributed by atoms with Crippen molar-refractivity contribution in [2.75, 3.05) is 7.05 Å². The van der Waals surface area contributed by atoms with Gasteiger partial charge in [-0.3, -0.25) is 0 Å². The van der Waals surface area contributed by atoms with Gasteiger partial charge in [0, 0.05) is 19.2 Å². The van der Waals surface area contributed by atoms with E-state index in [1.54, 1.807) is 7.05 Å². The molecule has 0 amide bonds. The van der Waals surface area contributed by atoms with E-state index in [0.717, 1.165) is 0 Å². The summed E-state index contributed by atoms with van der Waals surface area (Å²) in [4.78, 5) is 3.99. The molecule has 1 aromatic carbocycles. The lowest BCUT2D eigenvalue weighted by Crippen LogP contribution is -1.93. The second-order valence-corrected chi connectivity index (χ2v) is 2.61. The van der Waals surface area contributed by atoms with Gasteiger partial charge in [0.25, 0.3) is 0 Å². The highest BCUT2D eigenvalue weighted by Crippen LogP contribution is 2.11. The Labute approximate surface area is 67.8 Å². The summed E-state index contributed by atoms with van der Waals surface area (Å²) in [5.41, 5.74) is 1.32. The molecule has 0 N–H and O–H groups in total. The maximum Gasteiger partial charge on any atom is 0.0273 e. The Hall–Kier alpha value is -1.11. The molecule has 1 nitrogen and oxygen atoms in total. The van der Waals surface area contributed by atoms with E-state index in [-0.39, 0.29) is 0 Å². The summed E-state index contributed by atoms with van der Waals surface area (Å²) >= 11 is 0. The number of rotatable bonds is 2. The first-order valence-electron chi connectivity index (χ1n) is 3.82. The predicted octanol–water partition coefficient (Wildman–Crippen LogP) is 2.49. The second kappa shape index (κ2) is 3.91. The van der Waals surface area contributed by atoms with Crippen LogP contribution in [0, 0.1) is 0 Å². The van der Waals surface area contributed by atoms with Gasteiger partial charge in [-0.05, 0) is 5.56 Å². The Balaban J connectivity index is 2.76. The zero-order chi connectivity index (χ0) is 8.10. The van der Waals surface area contributed by atoms with Crippen molar-refractivity contribution in [3.05, 3.63) is 35.9 Å². The molecular weight excluding hydrogens is 134 g/mol. The van der Waals surface area contributed by atoms with Crippen LogP contribution in [0.2, 0.25) is 0 Å². The van der Waals surface area contributed by atoms with E-state index in [0.29, 0.717) is 5.92 Å². The van der Waals surface area contributed by atoms with Crippen LogP contribution in [-0.2, 0) is 0 Å². The molecule has 0 heterocycles. The van der Waals surface area contributed by atoms with Crippen molar-refractivity contribution in [1.82, 2.24) is 0 Å². The maximum absolute atomic E-state index is 3.99. The fourth-order valence-electron chi connectivity index (χ4n) is 1.07. The lowest BCUT2D eigenvalue weighted by atomic mass is 10.0. The second-order valence-electron chi connectivity index (χ2n) is 2.61. The van der Waals surface area contributed by atoms with Crippen molar-refractivity contribution in [1.29, 1.82) is 0 Å². The Kier molecular flexibility index (Phi) is 2.84. The van der Waals surface area contributed by atoms with E-state index in [1.165, 1.54) is 5.56 Å². The van der Waals surface area contributed by atoms with Crippen LogP contribution in [0.4, 0.5) is 0 Å². The van der Waals surface area contributed by atoms with E-state index >= 15 is 0 Å². The van der Waals surface area contributed by atoms with Crippen molar-refractivity contribution < 1.29 is 0 Å². The predicted molar refractivity (Wildman–Crippen MR) is 49.3 cm³/mol. The summed E-state index contributed by atoms with van der Waals surface area (Å²) in [6, 6.07) is 10.4. The van der Waals surface area contributed by atoms with Crippen LogP contribution in [0.15, 0.2) is 35.3 Å². The molecule has 0 saturated heterocycles. The van der Waals surface area contributed by atoms with E-state index in [1.807, 2.05) is 12.3 Å². The Morgan fingerprint density at radius 3 is 2.45 bits per heavy atom. The van der Waals surface area contributed by atoms with E-state index in [9.17, 15) is 0 Å². The largest absolute Gasteiger partial charge is 0.300 e. The van der Waals surface area contributed by atoms with Crippen molar-refractivity contribution in [2.45, 2.75) is 12.8 Å². The molecule has 0 radical (unpaired) electrons. The summed E-state index contributed by atoms with van der Waals surface area (Å²) in [5, 5.41) is 0. The van der Waals surface area contributed by atoms with Crippen molar-refractivity contribution in [3.63, 3.8) is 0 Å². The van der Waals surface area contributed by atoms with Crippen LogP contribution < -0.4 is 0 Å². The third-order valence-electron chi connectivity index (χ3n) is 1.70. The third kappa shape index (κ3) is 2.19. The minimum absolute atomic E-state index is 0.432. The zero-order valence-electron chi connectivity index (χ0n) is 6.99. The molecule has 0 spiro atoms. The molecule has 0 aliphatic heterocycles. The van der Waals surface area contributed by atoms with Crippen molar-refractivity contribution in [3.8, 4) is 0 Å². The van der Waals surface area contributed by atoms with Crippen LogP contribution in [-0.4, -0.2) is 13.3 Å². The molecule has 0 saturated carbocycles. The molecular formula is C10H13N. The number of benzene rings is 1. The Morgan fingerprint density at radius 2 is 1.91 bits per heavy atom. The molecule has 0 aromatic heterocycles. The normalized spacial score (nSPS) is 13.6. The molecule has 11 heavy (non-hydrogen) atoms. The Bertz CT molecular complexity index is 226. The average molecular weight is 147 g/mol. The lowest BCUT2D eigenvalue weighted by Gasteiger charge is -2.03. The van der Waals surface area contributed by atoms with Crippen LogP contribution in [0.1, 0.15) is 18.4 Å². The highest BCUT2D eigenvalue weighted by molar-refractivity contribution is 5.66. The molecule has 58 valence electrons.